The lowest BCUT2D eigenvalue weighted by Crippen LogP contribution is -2.37. The molecule has 0 fully saturated rings. The first-order valence-corrected chi connectivity index (χ1v) is 10.8. The number of methoxy groups -OCH3 is 2. The third-order valence-electron chi connectivity index (χ3n) is 5.03. The summed E-state index contributed by atoms with van der Waals surface area (Å²) in [4.78, 5) is 11.1. The second-order valence-electron chi connectivity index (χ2n) is 7.59. The quantitative estimate of drug-likeness (QED) is 0.407. The first-order chi connectivity index (χ1) is 16.8. The van der Waals surface area contributed by atoms with Crippen LogP contribution in [-0.2, 0) is 24.4 Å². The minimum atomic E-state index is -4.92. The summed E-state index contributed by atoms with van der Waals surface area (Å²) in [5.41, 5.74) is 2.48. The Morgan fingerprint density at radius 1 is 0.714 bits per heavy atom. The van der Waals surface area contributed by atoms with Crippen LogP contribution in [0.5, 0.6) is 23.0 Å². The fraction of sp³-hybridized carbons (Fsp3) is 0.269. The molecule has 0 unspecified atom stereocenters. The third-order valence-corrected chi connectivity index (χ3v) is 5.03. The molecule has 1 amide bonds. The van der Waals surface area contributed by atoms with Gasteiger partial charge in [-0.05, 0) is 59.5 Å². The van der Waals surface area contributed by atoms with E-state index < -0.39 is 12.1 Å². The van der Waals surface area contributed by atoms with Crippen LogP contribution in [-0.4, -0.2) is 32.8 Å². The van der Waals surface area contributed by atoms with Gasteiger partial charge in [0.1, 0.15) is 36.2 Å². The largest absolute Gasteiger partial charge is 0.497 e. The zero-order valence-corrected chi connectivity index (χ0v) is 19.4. The molecule has 0 heterocycles. The summed E-state index contributed by atoms with van der Waals surface area (Å²) in [5.74, 6) is 0.465. The minimum absolute atomic E-state index is 0.167. The highest BCUT2D eigenvalue weighted by molar-refractivity contribution is 5.81. The highest BCUT2D eigenvalue weighted by Gasteiger charge is 2.38. The number of alkyl halides is 3. The Hall–Kier alpha value is -3.88. The molecule has 3 aromatic rings. The summed E-state index contributed by atoms with van der Waals surface area (Å²) in [6.07, 6.45) is -4.75. The van der Waals surface area contributed by atoms with Crippen molar-refractivity contribution in [2.24, 2.45) is 0 Å². The fourth-order valence-electron chi connectivity index (χ4n) is 3.14. The zero-order valence-electron chi connectivity index (χ0n) is 19.4. The number of benzene rings is 3. The Labute approximate surface area is 201 Å². The van der Waals surface area contributed by atoms with E-state index in [2.05, 4.69) is 0 Å². The lowest BCUT2D eigenvalue weighted by molar-refractivity contribution is -0.173. The molecule has 0 saturated carbocycles. The van der Waals surface area contributed by atoms with E-state index in [1.165, 1.54) is 0 Å². The standard InChI is InChI=1S/C26H26F3NO5/c1-32-21-7-3-18(4-8-21)16-34-23-13-20(11-12-30-25(31)26(27,28)29)14-24(15-23)35-17-19-5-9-22(33-2)10-6-19/h3-10,13-15H,11-12,16-17H2,1-2H3,(H,30,31). The van der Waals surface area contributed by atoms with Crippen LogP contribution >= 0.6 is 0 Å². The molecule has 0 spiro atoms. The van der Waals surface area contributed by atoms with Crippen LogP contribution in [0.25, 0.3) is 0 Å². The highest BCUT2D eigenvalue weighted by atomic mass is 19.4. The van der Waals surface area contributed by atoms with Crippen molar-refractivity contribution < 1.29 is 36.9 Å². The lowest BCUT2D eigenvalue weighted by atomic mass is 10.1. The van der Waals surface area contributed by atoms with Crippen molar-refractivity contribution in [1.29, 1.82) is 0 Å². The second-order valence-corrected chi connectivity index (χ2v) is 7.59. The molecule has 186 valence electrons. The molecule has 0 aliphatic carbocycles. The van der Waals surface area contributed by atoms with Gasteiger partial charge in [0.15, 0.2) is 0 Å². The molecular formula is C26H26F3NO5. The molecule has 0 saturated heterocycles. The smallest absolute Gasteiger partial charge is 0.471 e. The second kappa shape index (κ2) is 12.0. The van der Waals surface area contributed by atoms with Crippen LogP contribution in [0.15, 0.2) is 66.7 Å². The molecule has 0 radical (unpaired) electrons. The average molecular weight is 489 g/mol. The summed E-state index contributed by atoms with van der Waals surface area (Å²) in [7, 11) is 3.17. The van der Waals surface area contributed by atoms with Gasteiger partial charge in [0, 0.05) is 12.6 Å². The first kappa shape index (κ1) is 25.7. The number of rotatable bonds is 11. The predicted octanol–water partition coefficient (Wildman–Crippen LogP) is 5.08. The Morgan fingerprint density at radius 2 is 1.17 bits per heavy atom. The zero-order chi connectivity index (χ0) is 25.3. The highest BCUT2D eigenvalue weighted by Crippen LogP contribution is 2.26. The SMILES string of the molecule is COc1ccc(COc2cc(CCNC(=O)C(F)(F)F)cc(OCc3ccc(OC)cc3)c2)cc1. The number of halogens is 3. The van der Waals surface area contributed by atoms with Gasteiger partial charge in [0.25, 0.3) is 0 Å². The Kier molecular flexibility index (Phi) is 8.83. The van der Waals surface area contributed by atoms with E-state index in [1.54, 1.807) is 32.4 Å². The lowest BCUT2D eigenvalue weighted by Gasteiger charge is -2.14. The van der Waals surface area contributed by atoms with Gasteiger partial charge in [-0.15, -0.1) is 0 Å². The van der Waals surface area contributed by atoms with Crippen molar-refractivity contribution in [1.82, 2.24) is 5.32 Å². The Morgan fingerprint density at radius 3 is 1.57 bits per heavy atom. The third kappa shape index (κ3) is 8.13. The molecule has 0 aliphatic heterocycles. The maximum Gasteiger partial charge on any atom is 0.471 e. The van der Waals surface area contributed by atoms with E-state index in [4.69, 9.17) is 18.9 Å². The number of hydrogen-bond acceptors (Lipinski definition) is 5. The van der Waals surface area contributed by atoms with Gasteiger partial charge in [-0.2, -0.15) is 13.2 Å². The van der Waals surface area contributed by atoms with Crippen LogP contribution in [0.3, 0.4) is 0 Å². The average Bonchev–Trinajstić information content (AvgIpc) is 2.86. The number of hydrogen-bond donors (Lipinski definition) is 1. The molecule has 0 aliphatic rings. The molecule has 35 heavy (non-hydrogen) atoms. The molecule has 1 N–H and O–H groups in total. The van der Waals surface area contributed by atoms with E-state index in [1.807, 2.05) is 53.8 Å². The van der Waals surface area contributed by atoms with Crippen molar-refractivity contribution in [2.75, 3.05) is 20.8 Å². The van der Waals surface area contributed by atoms with Gasteiger partial charge in [-0.25, -0.2) is 0 Å². The van der Waals surface area contributed by atoms with Gasteiger partial charge in [0.05, 0.1) is 14.2 Å². The van der Waals surface area contributed by atoms with Crippen LogP contribution < -0.4 is 24.3 Å². The van der Waals surface area contributed by atoms with Crippen LogP contribution in [0, 0.1) is 0 Å². The van der Waals surface area contributed by atoms with E-state index in [9.17, 15) is 18.0 Å². The molecule has 3 aromatic carbocycles. The molecule has 0 bridgehead atoms. The number of ether oxygens (including phenoxy) is 4. The maximum absolute atomic E-state index is 12.5. The normalized spacial score (nSPS) is 11.0. The number of carbonyl (C=O) groups excluding carboxylic acids is 1. The summed E-state index contributed by atoms with van der Waals surface area (Å²) >= 11 is 0. The summed E-state index contributed by atoms with van der Waals surface area (Å²) < 4.78 is 59.5. The minimum Gasteiger partial charge on any atom is -0.497 e. The Bertz CT molecular complexity index is 1030. The van der Waals surface area contributed by atoms with Crippen molar-refractivity contribution in [3.8, 4) is 23.0 Å². The number of carbonyl (C=O) groups is 1. The molecule has 0 atom stereocenters. The van der Waals surface area contributed by atoms with E-state index >= 15 is 0 Å². The van der Waals surface area contributed by atoms with Crippen LogP contribution in [0.4, 0.5) is 13.2 Å². The Balaban J connectivity index is 1.69. The van der Waals surface area contributed by atoms with Crippen molar-refractivity contribution in [3.05, 3.63) is 83.4 Å². The number of nitrogens with one attached hydrogen (secondary N) is 1. The molecule has 9 heteroatoms. The van der Waals surface area contributed by atoms with E-state index in [0.717, 1.165) is 22.6 Å². The first-order valence-electron chi connectivity index (χ1n) is 10.8. The molecular weight excluding hydrogens is 463 g/mol. The summed E-state index contributed by atoms with van der Waals surface area (Å²) in [5, 5.41) is 1.88. The van der Waals surface area contributed by atoms with E-state index in [-0.39, 0.29) is 26.2 Å². The predicted molar refractivity (Wildman–Crippen MR) is 124 cm³/mol. The maximum atomic E-state index is 12.5. The van der Waals surface area contributed by atoms with Crippen molar-refractivity contribution in [3.63, 3.8) is 0 Å². The molecule has 3 rings (SSSR count). The van der Waals surface area contributed by atoms with Crippen molar-refractivity contribution >= 4 is 5.91 Å². The summed E-state index contributed by atoms with van der Waals surface area (Å²) in [6, 6.07) is 19.9. The number of amides is 1. The molecule has 6 nitrogen and oxygen atoms in total. The van der Waals surface area contributed by atoms with Gasteiger partial charge in [-0.1, -0.05) is 24.3 Å². The fourth-order valence-corrected chi connectivity index (χ4v) is 3.14. The van der Waals surface area contributed by atoms with Gasteiger partial charge < -0.3 is 24.3 Å². The topological polar surface area (TPSA) is 66.0 Å². The molecule has 0 aromatic heterocycles. The monoisotopic (exact) mass is 489 g/mol. The van der Waals surface area contributed by atoms with Crippen molar-refractivity contribution in [2.45, 2.75) is 25.8 Å². The summed E-state index contributed by atoms with van der Waals surface area (Å²) in [6.45, 7) is 0.366. The van der Waals surface area contributed by atoms with Gasteiger partial charge in [0.2, 0.25) is 0 Å². The van der Waals surface area contributed by atoms with E-state index in [0.29, 0.717) is 17.1 Å². The van der Waals surface area contributed by atoms with Gasteiger partial charge >= 0.3 is 12.1 Å². The van der Waals surface area contributed by atoms with Crippen LogP contribution in [0.2, 0.25) is 0 Å². The van der Waals surface area contributed by atoms with Crippen LogP contribution in [0.1, 0.15) is 16.7 Å². The van der Waals surface area contributed by atoms with Gasteiger partial charge in [-0.3, -0.25) is 4.79 Å².